The summed E-state index contributed by atoms with van der Waals surface area (Å²) in [5.74, 6) is -1.03. The second-order valence-corrected chi connectivity index (χ2v) is 12.4. The molecule has 0 radical (unpaired) electrons. The van der Waals surface area contributed by atoms with Crippen molar-refractivity contribution in [3.63, 3.8) is 0 Å². The average Bonchev–Trinajstić information content (AvgIpc) is 3.57. The van der Waals surface area contributed by atoms with Gasteiger partial charge in [0.1, 0.15) is 0 Å². The molecule has 2 aromatic rings. The summed E-state index contributed by atoms with van der Waals surface area (Å²) in [6.07, 6.45) is 4.39. The molecule has 9 nitrogen and oxygen atoms in total. The molecule has 1 amide bonds. The number of amides is 1. The molecule has 0 bridgehead atoms. The number of likely N-dealkylation sites (tertiary alicyclic amines) is 1. The molecule has 1 fully saturated rings. The lowest BCUT2D eigenvalue weighted by Crippen LogP contribution is -2.46. The van der Waals surface area contributed by atoms with Gasteiger partial charge in [0.25, 0.3) is 0 Å². The first-order valence-corrected chi connectivity index (χ1v) is 15.2. The van der Waals surface area contributed by atoms with Crippen LogP contribution in [0.15, 0.2) is 36.4 Å². The van der Waals surface area contributed by atoms with Crippen molar-refractivity contribution in [2.75, 3.05) is 31.3 Å². The summed E-state index contributed by atoms with van der Waals surface area (Å²) < 4.78 is 11.2. The number of carbonyl (C=O) groups is 2. The van der Waals surface area contributed by atoms with E-state index >= 15 is 0 Å². The van der Waals surface area contributed by atoms with Gasteiger partial charge in [0.05, 0.1) is 19.1 Å². The topological polar surface area (TPSA) is 126 Å². The summed E-state index contributed by atoms with van der Waals surface area (Å²) in [7, 11) is 0. The van der Waals surface area contributed by atoms with Gasteiger partial charge in [0.2, 0.25) is 12.7 Å². The van der Waals surface area contributed by atoms with Crippen LogP contribution in [0.5, 0.6) is 11.5 Å². The van der Waals surface area contributed by atoms with Crippen molar-refractivity contribution in [2.45, 2.75) is 84.9 Å². The first-order valence-electron chi connectivity index (χ1n) is 15.2. The summed E-state index contributed by atoms with van der Waals surface area (Å²) in [5.41, 5.74) is 8.92. The number of nitrogens with zero attached hydrogens (tertiary/aromatic N) is 2. The van der Waals surface area contributed by atoms with E-state index in [2.05, 4.69) is 32.6 Å². The number of nitrogens with two attached hydrogens (primary N) is 1. The maximum absolute atomic E-state index is 14.1. The van der Waals surface area contributed by atoms with Crippen molar-refractivity contribution in [1.29, 1.82) is 0 Å². The lowest BCUT2D eigenvalue weighted by molar-refractivity contribution is -0.143. The lowest BCUT2D eigenvalue weighted by atomic mass is 9.76. The van der Waals surface area contributed by atoms with Crippen LogP contribution in [0.1, 0.15) is 82.4 Å². The SMILES string of the molecule is CCCCN(C(=O)CN1C[C@H](c2cc(CO)c3c(c2)OCO3)[C@@H](C(=O)O)[C@@H]1CC(C)(C)CCC)c1cccc(CN)c1. The van der Waals surface area contributed by atoms with E-state index < -0.39 is 11.9 Å². The number of hydrogen-bond donors (Lipinski definition) is 3. The maximum Gasteiger partial charge on any atom is 0.308 e. The Balaban J connectivity index is 1.71. The maximum atomic E-state index is 14.1. The minimum atomic E-state index is -0.881. The Labute approximate surface area is 249 Å². The Kier molecular flexibility index (Phi) is 10.5. The average molecular weight is 582 g/mol. The van der Waals surface area contributed by atoms with Crippen LogP contribution in [-0.4, -0.2) is 59.5 Å². The fourth-order valence-corrected chi connectivity index (χ4v) is 6.69. The van der Waals surface area contributed by atoms with Gasteiger partial charge in [0, 0.05) is 42.8 Å². The number of hydrogen-bond acceptors (Lipinski definition) is 7. The second kappa shape index (κ2) is 13.9. The molecule has 4 N–H and O–H groups in total. The highest BCUT2D eigenvalue weighted by atomic mass is 16.7. The highest BCUT2D eigenvalue weighted by Crippen LogP contribution is 2.46. The van der Waals surface area contributed by atoms with Crippen LogP contribution >= 0.6 is 0 Å². The highest BCUT2D eigenvalue weighted by molar-refractivity contribution is 5.95. The van der Waals surface area contributed by atoms with Gasteiger partial charge in [0.15, 0.2) is 11.5 Å². The third-order valence-electron chi connectivity index (χ3n) is 8.72. The van der Waals surface area contributed by atoms with E-state index in [4.69, 9.17) is 15.2 Å². The van der Waals surface area contributed by atoms with E-state index in [9.17, 15) is 19.8 Å². The summed E-state index contributed by atoms with van der Waals surface area (Å²) in [6, 6.07) is 11.1. The zero-order chi connectivity index (χ0) is 30.4. The number of rotatable bonds is 14. The van der Waals surface area contributed by atoms with Crippen LogP contribution in [-0.2, 0) is 22.7 Å². The van der Waals surface area contributed by atoms with Gasteiger partial charge in [-0.05, 0) is 60.1 Å². The first kappa shape index (κ1) is 31.8. The smallest absolute Gasteiger partial charge is 0.308 e. The van der Waals surface area contributed by atoms with E-state index in [-0.39, 0.29) is 43.2 Å². The largest absolute Gasteiger partial charge is 0.481 e. The van der Waals surface area contributed by atoms with Crippen LogP contribution in [0.25, 0.3) is 0 Å². The summed E-state index contributed by atoms with van der Waals surface area (Å²) >= 11 is 0. The highest BCUT2D eigenvalue weighted by Gasteiger charge is 2.49. The fraction of sp³-hybridized carbons (Fsp3) is 0.576. The summed E-state index contributed by atoms with van der Waals surface area (Å²) in [5, 5.41) is 20.7. The monoisotopic (exact) mass is 581 g/mol. The number of carboxylic acids is 1. The van der Waals surface area contributed by atoms with E-state index in [0.29, 0.717) is 43.1 Å². The number of anilines is 1. The standard InChI is InChI=1S/C33H47N3O6/c1-5-7-12-36(25-10-8-9-22(13-25)17-34)29(38)19-35-18-26(23-14-24(20-37)31-28(15-23)41-21-42-31)30(32(39)40)27(35)16-33(3,4)11-6-2/h8-10,13-15,26-27,30,37H,5-7,11-12,16-21,34H2,1-4H3,(H,39,40)/t26-,27+,30-/m1/s1. The van der Waals surface area contributed by atoms with Crippen molar-refractivity contribution in [1.82, 2.24) is 4.90 Å². The van der Waals surface area contributed by atoms with Gasteiger partial charge < -0.3 is 30.3 Å². The van der Waals surface area contributed by atoms with Crippen LogP contribution in [0.2, 0.25) is 0 Å². The van der Waals surface area contributed by atoms with Crippen molar-refractivity contribution in [3.05, 3.63) is 53.1 Å². The number of aliphatic hydroxyl groups is 1. The normalized spacial score (nSPS) is 20.2. The van der Waals surface area contributed by atoms with Crippen molar-refractivity contribution in [2.24, 2.45) is 17.1 Å². The Morgan fingerprint density at radius 2 is 1.93 bits per heavy atom. The third kappa shape index (κ3) is 7.07. The molecule has 0 aliphatic carbocycles. The Morgan fingerprint density at radius 3 is 2.60 bits per heavy atom. The van der Waals surface area contributed by atoms with E-state index in [1.165, 1.54) is 0 Å². The van der Waals surface area contributed by atoms with Crippen molar-refractivity contribution >= 4 is 17.6 Å². The molecule has 9 heteroatoms. The van der Waals surface area contributed by atoms with Crippen molar-refractivity contribution < 1.29 is 29.3 Å². The molecule has 2 heterocycles. The molecule has 2 aliphatic heterocycles. The van der Waals surface area contributed by atoms with Gasteiger partial charge in [-0.25, -0.2) is 0 Å². The van der Waals surface area contributed by atoms with E-state index in [1.807, 2.05) is 41.3 Å². The Bertz CT molecular complexity index is 1250. The van der Waals surface area contributed by atoms with Gasteiger partial charge in [-0.15, -0.1) is 0 Å². The predicted octanol–water partition coefficient (Wildman–Crippen LogP) is 4.88. The quantitative estimate of drug-likeness (QED) is 0.288. The molecule has 2 aliphatic rings. The number of benzene rings is 2. The zero-order valence-electron chi connectivity index (χ0n) is 25.5. The molecular formula is C33H47N3O6. The fourth-order valence-electron chi connectivity index (χ4n) is 6.69. The minimum Gasteiger partial charge on any atom is -0.481 e. The second-order valence-electron chi connectivity index (χ2n) is 12.4. The number of aliphatic hydroxyl groups excluding tert-OH is 1. The third-order valence-corrected chi connectivity index (χ3v) is 8.72. The zero-order valence-corrected chi connectivity index (χ0v) is 25.5. The van der Waals surface area contributed by atoms with Gasteiger partial charge in [-0.1, -0.05) is 52.7 Å². The summed E-state index contributed by atoms with van der Waals surface area (Å²) in [4.78, 5) is 30.9. The van der Waals surface area contributed by atoms with Gasteiger partial charge >= 0.3 is 5.97 Å². The number of carbonyl (C=O) groups excluding carboxylic acids is 1. The lowest BCUT2D eigenvalue weighted by Gasteiger charge is -2.35. The Morgan fingerprint density at radius 1 is 1.14 bits per heavy atom. The molecule has 230 valence electrons. The molecule has 1 saturated heterocycles. The molecule has 3 atom stereocenters. The van der Waals surface area contributed by atoms with Crippen LogP contribution in [0, 0.1) is 11.3 Å². The molecule has 2 aromatic carbocycles. The van der Waals surface area contributed by atoms with Gasteiger partial charge in [-0.2, -0.15) is 0 Å². The van der Waals surface area contributed by atoms with Crippen molar-refractivity contribution in [3.8, 4) is 11.5 Å². The molecule has 0 aromatic heterocycles. The summed E-state index contributed by atoms with van der Waals surface area (Å²) in [6.45, 7) is 9.90. The predicted molar refractivity (Wildman–Crippen MR) is 163 cm³/mol. The minimum absolute atomic E-state index is 0.0533. The van der Waals surface area contributed by atoms with Crippen LogP contribution in [0.4, 0.5) is 5.69 Å². The number of fused-ring (bicyclic) bond motifs is 1. The molecule has 42 heavy (non-hydrogen) atoms. The number of aliphatic carboxylic acids is 1. The number of ether oxygens (including phenoxy) is 2. The van der Waals surface area contributed by atoms with E-state index in [0.717, 1.165) is 42.5 Å². The molecule has 4 rings (SSSR count). The molecular weight excluding hydrogens is 534 g/mol. The number of unbranched alkanes of at least 4 members (excludes halogenated alkanes) is 1. The molecule has 0 unspecified atom stereocenters. The molecule has 0 saturated carbocycles. The first-order chi connectivity index (χ1) is 20.1. The van der Waals surface area contributed by atoms with Crippen LogP contribution < -0.4 is 20.1 Å². The Hall–Kier alpha value is -3.14. The van der Waals surface area contributed by atoms with Gasteiger partial charge in [-0.3, -0.25) is 14.5 Å². The number of carboxylic acid groups (broad SMARTS) is 1. The van der Waals surface area contributed by atoms with E-state index in [1.54, 1.807) is 0 Å². The van der Waals surface area contributed by atoms with Crippen LogP contribution in [0.3, 0.4) is 0 Å². The molecule has 0 spiro atoms.